The molecule has 1 rings (SSSR count). The van der Waals surface area contributed by atoms with E-state index in [0.717, 1.165) is 11.1 Å². The van der Waals surface area contributed by atoms with Gasteiger partial charge in [0.2, 0.25) is 0 Å². The molecule has 6 heteroatoms. The van der Waals surface area contributed by atoms with Crippen molar-refractivity contribution in [3.8, 4) is 5.75 Å². The van der Waals surface area contributed by atoms with Gasteiger partial charge in [0, 0.05) is 12.1 Å². The summed E-state index contributed by atoms with van der Waals surface area (Å²) in [6.07, 6.45) is 0. The Balaban J connectivity index is 3.10. The predicted molar refractivity (Wildman–Crippen MR) is 77.5 cm³/mol. The van der Waals surface area contributed by atoms with Gasteiger partial charge in [0.15, 0.2) is 0 Å². The lowest BCUT2D eigenvalue weighted by Gasteiger charge is -2.22. The zero-order chi connectivity index (χ0) is 16.2. The maximum absolute atomic E-state index is 10.8. The van der Waals surface area contributed by atoms with Crippen LogP contribution in [0.4, 0.5) is 0 Å². The summed E-state index contributed by atoms with van der Waals surface area (Å²) in [6, 6.07) is 3.68. The molecule has 0 unspecified atom stereocenters. The van der Waals surface area contributed by atoms with E-state index in [1.54, 1.807) is 6.92 Å². The lowest BCUT2D eigenvalue weighted by Crippen LogP contribution is -2.34. The van der Waals surface area contributed by atoms with Gasteiger partial charge in [-0.1, -0.05) is 26.0 Å². The number of hydrogen-bond donors (Lipinski definition) is 3. The second-order valence-electron chi connectivity index (χ2n) is 5.39. The van der Waals surface area contributed by atoms with Crippen molar-refractivity contribution in [2.24, 2.45) is 0 Å². The van der Waals surface area contributed by atoms with Crippen molar-refractivity contribution in [2.75, 3.05) is 13.1 Å². The van der Waals surface area contributed by atoms with Crippen LogP contribution in [0.1, 0.15) is 36.5 Å². The molecule has 0 heterocycles. The van der Waals surface area contributed by atoms with Gasteiger partial charge in [0.1, 0.15) is 5.75 Å². The fourth-order valence-corrected chi connectivity index (χ4v) is 2.19. The topological polar surface area (TPSA) is 98.1 Å². The number of nitrogens with zero attached hydrogens (tertiary/aromatic N) is 1. The number of aryl methyl sites for hydroxylation is 1. The summed E-state index contributed by atoms with van der Waals surface area (Å²) in [5.41, 5.74) is 2.14. The van der Waals surface area contributed by atoms with Crippen molar-refractivity contribution in [3.63, 3.8) is 0 Å². The molecule has 0 aromatic heterocycles. The number of hydrogen-bond acceptors (Lipinski definition) is 4. The summed E-state index contributed by atoms with van der Waals surface area (Å²) < 4.78 is 0. The first-order valence-electron chi connectivity index (χ1n) is 6.69. The van der Waals surface area contributed by atoms with Crippen LogP contribution >= 0.6 is 0 Å². The number of phenols is 1. The third-order valence-electron chi connectivity index (χ3n) is 3.27. The van der Waals surface area contributed by atoms with Crippen LogP contribution in [0.2, 0.25) is 0 Å². The maximum atomic E-state index is 10.8. The molecule has 0 amide bonds. The van der Waals surface area contributed by atoms with Gasteiger partial charge in [-0.15, -0.1) is 0 Å². The highest BCUT2D eigenvalue weighted by Crippen LogP contribution is 2.32. The molecule has 1 aromatic carbocycles. The number of aliphatic carboxylic acids is 2. The Kier molecular flexibility index (Phi) is 5.72. The Morgan fingerprint density at radius 2 is 1.67 bits per heavy atom. The zero-order valence-corrected chi connectivity index (χ0v) is 12.5. The van der Waals surface area contributed by atoms with Gasteiger partial charge in [-0.2, -0.15) is 0 Å². The van der Waals surface area contributed by atoms with Gasteiger partial charge in [-0.05, 0) is 24.0 Å². The molecule has 21 heavy (non-hydrogen) atoms. The molecule has 6 nitrogen and oxygen atoms in total. The molecule has 1 aromatic rings. The first kappa shape index (κ1) is 17.0. The van der Waals surface area contributed by atoms with E-state index in [4.69, 9.17) is 10.2 Å². The lowest BCUT2D eigenvalue weighted by molar-refractivity contribution is -0.142. The zero-order valence-electron chi connectivity index (χ0n) is 12.5. The van der Waals surface area contributed by atoms with Gasteiger partial charge in [0.25, 0.3) is 0 Å². The fourth-order valence-electron chi connectivity index (χ4n) is 2.19. The first-order valence-corrected chi connectivity index (χ1v) is 6.69. The van der Waals surface area contributed by atoms with Gasteiger partial charge < -0.3 is 15.3 Å². The maximum Gasteiger partial charge on any atom is 0.317 e. The van der Waals surface area contributed by atoms with E-state index in [1.807, 2.05) is 26.0 Å². The largest absolute Gasteiger partial charge is 0.507 e. The molecule has 0 aliphatic heterocycles. The third-order valence-corrected chi connectivity index (χ3v) is 3.27. The Hall–Kier alpha value is -2.08. The molecule has 116 valence electrons. The summed E-state index contributed by atoms with van der Waals surface area (Å²) >= 11 is 0. The van der Waals surface area contributed by atoms with Crippen LogP contribution in [0.3, 0.4) is 0 Å². The molecule has 3 N–H and O–H groups in total. The van der Waals surface area contributed by atoms with E-state index >= 15 is 0 Å². The molecule has 0 aliphatic rings. The monoisotopic (exact) mass is 295 g/mol. The number of rotatable bonds is 7. The second-order valence-corrected chi connectivity index (χ2v) is 5.39. The Morgan fingerprint density at radius 1 is 1.14 bits per heavy atom. The fraction of sp³-hybridized carbons (Fsp3) is 0.467. The quantitative estimate of drug-likeness (QED) is 0.709. The van der Waals surface area contributed by atoms with Crippen LogP contribution in [0.5, 0.6) is 5.75 Å². The van der Waals surface area contributed by atoms with Crippen LogP contribution in [-0.4, -0.2) is 45.2 Å². The van der Waals surface area contributed by atoms with Gasteiger partial charge >= 0.3 is 11.9 Å². The molecule has 0 saturated heterocycles. The van der Waals surface area contributed by atoms with Gasteiger partial charge in [-0.25, -0.2) is 0 Å². The van der Waals surface area contributed by atoms with Crippen molar-refractivity contribution in [1.82, 2.24) is 4.90 Å². The molecule has 0 bridgehead atoms. The highest BCUT2D eigenvalue weighted by molar-refractivity contribution is 5.72. The summed E-state index contributed by atoms with van der Waals surface area (Å²) in [6.45, 7) is 4.99. The Morgan fingerprint density at radius 3 is 2.10 bits per heavy atom. The molecule has 0 atom stereocenters. The predicted octanol–water partition coefficient (Wildman–Crippen LogP) is 1.80. The number of carbonyl (C=O) groups is 2. The minimum absolute atomic E-state index is 0.0802. The minimum atomic E-state index is -1.10. The lowest BCUT2D eigenvalue weighted by atomic mass is 9.95. The van der Waals surface area contributed by atoms with E-state index in [2.05, 4.69) is 0 Å². The van der Waals surface area contributed by atoms with Crippen LogP contribution in [0, 0.1) is 6.92 Å². The van der Waals surface area contributed by atoms with Crippen molar-refractivity contribution >= 4 is 11.9 Å². The summed E-state index contributed by atoms with van der Waals surface area (Å²) in [7, 11) is 0. The normalized spacial score (nSPS) is 11.1. The van der Waals surface area contributed by atoms with E-state index in [1.165, 1.54) is 4.90 Å². The van der Waals surface area contributed by atoms with Crippen LogP contribution in [0.25, 0.3) is 0 Å². The summed E-state index contributed by atoms with van der Waals surface area (Å²) in [4.78, 5) is 22.9. The van der Waals surface area contributed by atoms with E-state index < -0.39 is 25.0 Å². The van der Waals surface area contributed by atoms with Crippen molar-refractivity contribution in [2.45, 2.75) is 33.2 Å². The number of carboxylic acid groups (broad SMARTS) is 2. The number of phenolic OH excluding ortho intramolecular Hbond substituents is 1. The van der Waals surface area contributed by atoms with Gasteiger partial charge in [0.05, 0.1) is 13.1 Å². The second kappa shape index (κ2) is 7.08. The van der Waals surface area contributed by atoms with Crippen LogP contribution in [0.15, 0.2) is 12.1 Å². The van der Waals surface area contributed by atoms with E-state index in [-0.39, 0.29) is 18.2 Å². The number of aromatic hydroxyl groups is 1. The SMILES string of the molecule is Cc1ccc(C(C)C)c(O)c1CN(CC(=O)O)CC(=O)O. The third kappa shape index (κ3) is 4.75. The molecule has 0 fully saturated rings. The Bertz CT molecular complexity index is 523. The molecule has 0 saturated carbocycles. The standard InChI is InChI=1S/C15H21NO5/c1-9(2)11-5-4-10(3)12(15(11)21)6-16(7-13(17)18)8-14(19)20/h4-5,9,21H,6-8H2,1-3H3,(H,17,18)(H,19,20). The van der Waals surface area contributed by atoms with E-state index in [9.17, 15) is 14.7 Å². The molecule has 0 radical (unpaired) electrons. The minimum Gasteiger partial charge on any atom is -0.507 e. The summed E-state index contributed by atoms with van der Waals surface area (Å²) in [5.74, 6) is -1.97. The van der Waals surface area contributed by atoms with Crippen LogP contribution < -0.4 is 0 Å². The van der Waals surface area contributed by atoms with Gasteiger partial charge in [-0.3, -0.25) is 14.5 Å². The summed E-state index contributed by atoms with van der Waals surface area (Å²) in [5, 5.41) is 28.1. The first-order chi connectivity index (χ1) is 9.72. The average molecular weight is 295 g/mol. The number of benzene rings is 1. The average Bonchev–Trinajstić information content (AvgIpc) is 2.32. The smallest absolute Gasteiger partial charge is 0.317 e. The molecule has 0 spiro atoms. The van der Waals surface area contributed by atoms with Crippen LogP contribution in [-0.2, 0) is 16.1 Å². The Labute approximate surface area is 123 Å². The van der Waals surface area contributed by atoms with Crippen molar-refractivity contribution in [3.05, 3.63) is 28.8 Å². The highest BCUT2D eigenvalue weighted by atomic mass is 16.4. The number of carboxylic acids is 2. The molecular weight excluding hydrogens is 274 g/mol. The molecular formula is C15H21NO5. The molecule has 0 aliphatic carbocycles. The van der Waals surface area contributed by atoms with E-state index in [0.29, 0.717) is 5.56 Å². The highest BCUT2D eigenvalue weighted by Gasteiger charge is 2.19. The van der Waals surface area contributed by atoms with Crippen molar-refractivity contribution in [1.29, 1.82) is 0 Å². The van der Waals surface area contributed by atoms with Crippen molar-refractivity contribution < 1.29 is 24.9 Å².